The molecule has 3 nitrogen and oxygen atoms in total. The van der Waals surface area contributed by atoms with E-state index in [0.29, 0.717) is 5.92 Å². The van der Waals surface area contributed by atoms with Crippen LogP contribution in [0.2, 0.25) is 0 Å². The van der Waals surface area contributed by atoms with E-state index < -0.39 is 0 Å². The summed E-state index contributed by atoms with van der Waals surface area (Å²) in [7, 11) is 2.10. The Balaban J connectivity index is 2.46. The van der Waals surface area contributed by atoms with Crippen LogP contribution in [0.3, 0.4) is 0 Å². The van der Waals surface area contributed by atoms with E-state index in [9.17, 15) is 0 Å². The highest BCUT2D eigenvalue weighted by atomic mass is 15.1. The van der Waals surface area contributed by atoms with Crippen LogP contribution in [0.25, 0.3) is 0 Å². The van der Waals surface area contributed by atoms with Crippen LogP contribution in [0, 0.1) is 5.92 Å². The molecule has 0 saturated carbocycles. The van der Waals surface area contributed by atoms with Gasteiger partial charge in [-0.3, -0.25) is 4.98 Å². The number of rotatable bonds is 5. The minimum Gasteiger partial charge on any atom is -0.374 e. The van der Waals surface area contributed by atoms with Crippen LogP contribution in [0.1, 0.15) is 13.3 Å². The number of aromatic nitrogens is 1. The van der Waals surface area contributed by atoms with Crippen LogP contribution in [0.4, 0.5) is 5.69 Å². The zero-order chi connectivity index (χ0) is 10.4. The van der Waals surface area contributed by atoms with Crippen LogP contribution in [-0.4, -0.2) is 25.1 Å². The van der Waals surface area contributed by atoms with E-state index in [1.807, 2.05) is 24.5 Å². The summed E-state index contributed by atoms with van der Waals surface area (Å²) >= 11 is 0. The highest BCUT2D eigenvalue weighted by molar-refractivity contribution is 5.43. The van der Waals surface area contributed by atoms with E-state index in [-0.39, 0.29) is 0 Å². The van der Waals surface area contributed by atoms with Gasteiger partial charge in [0.1, 0.15) is 0 Å². The molecule has 0 radical (unpaired) electrons. The Morgan fingerprint density at radius 1 is 1.43 bits per heavy atom. The zero-order valence-corrected chi connectivity index (χ0v) is 8.98. The van der Waals surface area contributed by atoms with Crippen molar-refractivity contribution in [2.24, 2.45) is 11.7 Å². The van der Waals surface area contributed by atoms with Gasteiger partial charge in [-0.2, -0.15) is 0 Å². The van der Waals surface area contributed by atoms with Gasteiger partial charge in [-0.25, -0.2) is 0 Å². The average molecular weight is 193 g/mol. The Kier molecular flexibility index (Phi) is 4.40. The number of pyridine rings is 1. The lowest BCUT2D eigenvalue weighted by Crippen LogP contribution is -2.25. The highest BCUT2D eigenvalue weighted by Gasteiger charge is 2.05. The van der Waals surface area contributed by atoms with Crippen LogP contribution in [0.15, 0.2) is 24.5 Å². The molecular formula is C11H19N3. The molecule has 14 heavy (non-hydrogen) atoms. The number of hydrogen-bond acceptors (Lipinski definition) is 3. The van der Waals surface area contributed by atoms with Crippen molar-refractivity contribution in [3.05, 3.63) is 24.5 Å². The molecule has 0 amide bonds. The van der Waals surface area contributed by atoms with Crippen molar-refractivity contribution in [1.82, 2.24) is 4.98 Å². The third-order valence-electron chi connectivity index (χ3n) is 2.35. The van der Waals surface area contributed by atoms with E-state index in [0.717, 1.165) is 19.5 Å². The lowest BCUT2D eigenvalue weighted by molar-refractivity contribution is 0.539. The first-order valence-corrected chi connectivity index (χ1v) is 5.05. The molecule has 1 aromatic heterocycles. The maximum absolute atomic E-state index is 5.52. The molecule has 0 aromatic carbocycles. The van der Waals surface area contributed by atoms with Crippen molar-refractivity contribution < 1.29 is 0 Å². The fourth-order valence-corrected chi connectivity index (χ4v) is 1.55. The summed E-state index contributed by atoms with van der Waals surface area (Å²) in [5.74, 6) is 0.637. The van der Waals surface area contributed by atoms with Gasteiger partial charge < -0.3 is 10.6 Å². The van der Waals surface area contributed by atoms with Gasteiger partial charge in [-0.15, -0.1) is 0 Å². The first-order chi connectivity index (χ1) is 6.74. The lowest BCUT2D eigenvalue weighted by atomic mass is 10.1. The molecule has 0 spiro atoms. The second-order valence-corrected chi connectivity index (χ2v) is 3.77. The Morgan fingerprint density at radius 2 is 2.07 bits per heavy atom. The van der Waals surface area contributed by atoms with Gasteiger partial charge in [0.25, 0.3) is 0 Å². The minimum atomic E-state index is 0.637. The van der Waals surface area contributed by atoms with Crippen molar-refractivity contribution in [2.75, 3.05) is 25.0 Å². The summed E-state index contributed by atoms with van der Waals surface area (Å²) in [6.07, 6.45) is 4.72. The Labute approximate surface area is 85.9 Å². The van der Waals surface area contributed by atoms with Gasteiger partial charge in [0.05, 0.1) is 0 Å². The molecule has 0 saturated heterocycles. The standard InChI is InChI=1S/C11H19N3/c1-10(3-6-12)9-14(2)11-4-7-13-8-5-11/h4-5,7-8,10H,3,6,9,12H2,1-2H3. The molecule has 0 bridgehead atoms. The molecule has 1 atom stereocenters. The quantitative estimate of drug-likeness (QED) is 0.770. The summed E-state index contributed by atoms with van der Waals surface area (Å²) in [5, 5.41) is 0. The normalized spacial score (nSPS) is 12.5. The second kappa shape index (κ2) is 5.60. The fourth-order valence-electron chi connectivity index (χ4n) is 1.55. The van der Waals surface area contributed by atoms with Crippen molar-refractivity contribution in [1.29, 1.82) is 0 Å². The Bertz CT molecular complexity index is 248. The van der Waals surface area contributed by atoms with Crippen molar-refractivity contribution in [3.63, 3.8) is 0 Å². The van der Waals surface area contributed by atoms with Gasteiger partial charge in [0, 0.05) is 31.7 Å². The van der Waals surface area contributed by atoms with Crippen molar-refractivity contribution >= 4 is 5.69 Å². The summed E-state index contributed by atoms with van der Waals surface area (Å²) in [5.41, 5.74) is 6.73. The maximum Gasteiger partial charge on any atom is 0.0394 e. The summed E-state index contributed by atoms with van der Waals surface area (Å²) < 4.78 is 0. The minimum absolute atomic E-state index is 0.637. The monoisotopic (exact) mass is 193 g/mol. The topological polar surface area (TPSA) is 42.1 Å². The molecule has 2 N–H and O–H groups in total. The SMILES string of the molecule is CC(CCN)CN(C)c1ccncc1. The van der Waals surface area contributed by atoms with Crippen LogP contribution in [0.5, 0.6) is 0 Å². The van der Waals surface area contributed by atoms with Gasteiger partial charge in [-0.05, 0) is 31.0 Å². The van der Waals surface area contributed by atoms with E-state index >= 15 is 0 Å². The molecule has 1 rings (SSSR count). The van der Waals surface area contributed by atoms with Gasteiger partial charge in [0.15, 0.2) is 0 Å². The van der Waals surface area contributed by atoms with Crippen molar-refractivity contribution in [2.45, 2.75) is 13.3 Å². The van der Waals surface area contributed by atoms with Gasteiger partial charge in [0.2, 0.25) is 0 Å². The molecule has 1 unspecified atom stereocenters. The Morgan fingerprint density at radius 3 is 2.64 bits per heavy atom. The van der Waals surface area contributed by atoms with Gasteiger partial charge in [-0.1, -0.05) is 6.92 Å². The molecule has 1 heterocycles. The molecule has 0 fully saturated rings. The smallest absolute Gasteiger partial charge is 0.0394 e. The predicted molar refractivity (Wildman–Crippen MR) is 60.3 cm³/mol. The maximum atomic E-state index is 5.52. The van der Waals surface area contributed by atoms with E-state index in [2.05, 4.69) is 23.9 Å². The van der Waals surface area contributed by atoms with Crippen LogP contribution in [-0.2, 0) is 0 Å². The molecule has 0 aliphatic heterocycles. The third-order valence-corrected chi connectivity index (χ3v) is 2.35. The predicted octanol–water partition coefficient (Wildman–Crippen LogP) is 1.50. The van der Waals surface area contributed by atoms with Gasteiger partial charge >= 0.3 is 0 Å². The first-order valence-electron chi connectivity index (χ1n) is 5.05. The fraction of sp³-hybridized carbons (Fsp3) is 0.545. The molecule has 78 valence electrons. The van der Waals surface area contributed by atoms with Crippen molar-refractivity contribution in [3.8, 4) is 0 Å². The molecule has 0 aliphatic rings. The van der Waals surface area contributed by atoms with E-state index in [1.165, 1.54) is 5.69 Å². The van der Waals surface area contributed by atoms with E-state index in [1.54, 1.807) is 0 Å². The molecular weight excluding hydrogens is 174 g/mol. The highest BCUT2D eigenvalue weighted by Crippen LogP contribution is 2.12. The number of nitrogens with two attached hydrogens (primary N) is 1. The average Bonchev–Trinajstić information content (AvgIpc) is 2.19. The number of nitrogens with zero attached hydrogens (tertiary/aromatic N) is 2. The summed E-state index contributed by atoms with van der Waals surface area (Å²) in [6, 6.07) is 4.05. The Hall–Kier alpha value is -1.09. The molecule has 1 aromatic rings. The summed E-state index contributed by atoms with van der Waals surface area (Å²) in [4.78, 5) is 6.23. The molecule has 3 heteroatoms. The largest absolute Gasteiger partial charge is 0.374 e. The molecule has 0 aliphatic carbocycles. The summed E-state index contributed by atoms with van der Waals surface area (Å²) in [6.45, 7) is 4.04. The van der Waals surface area contributed by atoms with E-state index in [4.69, 9.17) is 5.73 Å². The zero-order valence-electron chi connectivity index (χ0n) is 8.98. The number of hydrogen-bond donors (Lipinski definition) is 1. The van der Waals surface area contributed by atoms with Crippen LogP contribution >= 0.6 is 0 Å². The lowest BCUT2D eigenvalue weighted by Gasteiger charge is -2.22. The van der Waals surface area contributed by atoms with Crippen LogP contribution < -0.4 is 10.6 Å². The third kappa shape index (κ3) is 3.34. The first kappa shape index (κ1) is 11.0. The number of anilines is 1. The second-order valence-electron chi connectivity index (χ2n) is 3.77.